The third kappa shape index (κ3) is 3.81. The zero-order valence-electron chi connectivity index (χ0n) is 14.7. The van der Waals surface area contributed by atoms with E-state index in [-0.39, 0.29) is 5.91 Å². The number of carbonyl (C=O) groups is 1. The molecule has 0 atom stereocenters. The minimum absolute atomic E-state index is 0.145. The summed E-state index contributed by atoms with van der Waals surface area (Å²) in [5.74, 6) is -0.145. The summed E-state index contributed by atoms with van der Waals surface area (Å²) >= 11 is 1.57. The van der Waals surface area contributed by atoms with Crippen molar-refractivity contribution in [3.05, 3.63) is 46.5 Å². The van der Waals surface area contributed by atoms with Crippen molar-refractivity contribution in [3.63, 3.8) is 0 Å². The van der Waals surface area contributed by atoms with Crippen molar-refractivity contribution < 1.29 is 9.53 Å². The van der Waals surface area contributed by atoms with Crippen molar-refractivity contribution in [1.82, 2.24) is 9.88 Å². The van der Waals surface area contributed by atoms with E-state index in [9.17, 15) is 4.79 Å². The molecule has 7 heteroatoms. The predicted octanol–water partition coefficient (Wildman–Crippen LogP) is 2.15. The number of nitrogens with one attached hydrogen (secondary N) is 1. The lowest BCUT2D eigenvalue weighted by atomic mass is 9.90. The average molecular weight is 372 g/mol. The third-order valence-electron chi connectivity index (χ3n) is 5.12. The van der Waals surface area contributed by atoms with Crippen molar-refractivity contribution in [2.75, 3.05) is 25.1 Å². The van der Waals surface area contributed by atoms with Crippen LogP contribution in [0.2, 0.25) is 0 Å². The summed E-state index contributed by atoms with van der Waals surface area (Å²) in [7, 11) is 0. The molecule has 1 aromatic heterocycles. The van der Waals surface area contributed by atoms with Crippen LogP contribution in [-0.2, 0) is 29.0 Å². The predicted molar refractivity (Wildman–Crippen MR) is 102 cm³/mol. The van der Waals surface area contributed by atoms with Crippen LogP contribution in [0.3, 0.4) is 0 Å². The Balaban J connectivity index is 1.40. The summed E-state index contributed by atoms with van der Waals surface area (Å²) in [6, 6.07) is 10.5. The van der Waals surface area contributed by atoms with Gasteiger partial charge in [-0.2, -0.15) is 0 Å². The number of fused-ring (bicyclic) bond motifs is 1. The Morgan fingerprint density at radius 1 is 1.31 bits per heavy atom. The van der Waals surface area contributed by atoms with Gasteiger partial charge >= 0.3 is 0 Å². The summed E-state index contributed by atoms with van der Waals surface area (Å²) in [5, 5.41) is 3.61. The fourth-order valence-electron chi connectivity index (χ4n) is 3.46. The number of aromatic nitrogens is 1. The van der Waals surface area contributed by atoms with Crippen LogP contribution < -0.4 is 11.1 Å². The summed E-state index contributed by atoms with van der Waals surface area (Å²) in [4.78, 5) is 20.9. The molecule has 3 N–H and O–H groups in total. The second kappa shape index (κ2) is 7.44. The number of thiazole rings is 1. The molecule has 6 nitrogen and oxygen atoms in total. The number of rotatable bonds is 4. The molecule has 1 fully saturated rings. The normalized spacial score (nSPS) is 19.7. The highest BCUT2D eigenvalue weighted by Crippen LogP contribution is 2.30. The van der Waals surface area contributed by atoms with Gasteiger partial charge in [0.2, 0.25) is 5.91 Å². The Kier molecular flexibility index (Phi) is 5.04. The fraction of sp³-hybridized carbons (Fsp3) is 0.474. The van der Waals surface area contributed by atoms with Crippen molar-refractivity contribution in [1.29, 1.82) is 0 Å². The highest BCUT2D eigenvalue weighted by Gasteiger charge is 2.36. The van der Waals surface area contributed by atoms with Gasteiger partial charge in [0.1, 0.15) is 5.54 Å². The number of amides is 1. The van der Waals surface area contributed by atoms with E-state index in [0.717, 1.165) is 31.7 Å². The molecule has 1 saturated heterocycles. The lowest BCUT2D eigenvalue weighted by Gasteiger charge is -2.31. The number of ether oxygens (including phenoxy) is 1. The van der Waals surface area contributed by atoms with Crippen LogP contribution in [0, 0.1) is 0 Å². The molecule has 0 aliphatic carbocycles. The molecular formula is C19H24N4O2S. The summed E-state index contributed by atoms with van der Waals surface area (Å²) in [6.07, 6.45) is 2.01. The van der Waals surface area contributed by atoms with E-state index in [2.05, 4.69) is 39.5 Å². The number of carbonyl (C=O) groups excluding carboxylic acids is 1. The Bertz CT molecular complexity index is 771. The maximum atomic E-state index is 12.6. The molecule has 26 heavy (non-hydrogen) atoms. The van der Waals surface area contributed by atoms with Crippen LogP contribution in [0.5, 0.6) is 0 Å². The largest absolute Gasteiger partial charge is 0.381 e. The quantitative estimate of drug-likeness (QED) is 0.860. The number of nitrogens with two attached hydrogens (primary N) is 1. The van der Waals surface area contributed by atoms with Gasteiger partial charge in [0, 0.05) is 44.1 Å². The lowest BCUT2D eigenvalue weighted by molar-refractivity contribution is -0.124. The lowest BCUT2D eigenvalue weighted by Crippen LogP contribution is -2.54. The zero-order chi connectivity index (χ0) is 18.0. The van der Waals surface area contributed by atoms with E-state index in [1.165, 1.54) is 10.4 Å². The van der Waals surface area contributed by atoms with Crippen LogP contribution in [0.15, 0.2) is 30.3 Å². The third-order valence-corrected chi connectivity index (χ3v) is 6.11. The summed E-state index contributed by atoms with van der Waals surface area (Å²) < 4.78 is 5.31. The first kappa shape index (κ1) is 17.6. The van der Waals surface area contributed by atoms with Crippen LogP contribution in [0.25, 0.3) is 0 Å². The molecule has 0 bridgehead atoms. The van der Waals surface area contributed by atoms with Crippen LogP contribution in [0.4, 0.5) is 5.13 Å². The van der Waals surface area contributed by atoms with Crippen molar-refractivity contribution in [2.45, 2.75) is 37.9 Å². The van der Waals surface area contributed by atoms with Gasteiger partial charge in [-0.3, -0.25) is 9.69 Å². The second-order valence-corrected chi connectivity index (χ2v) is 8.14. The molecule has 138 valence electrons. The zero-order valence-corrected chi connectivity index (χ0v) is 15.6. The number of anilines is 1. The number of hydrogen-bond donors (Lipinski definition) is 2. The Morgan fingerprint density at radius 3 is 2.85 bits per heavy atom. The number of hydrogen-bond acceptors (Lipinski definition) is 6. The Labute approximate surface area is 157 Å². The molecule has 2 aliphatic heterocycles. The molecule has 1 aromatic carbocycles. The maximum absolute atomic E-state index is 12.6. The molecule has 0 spiro atoms. The smallest absolute Gasteiger partial charge is 0.246 e. The topological polar surface area (TPSA) is 80.5 Å². The van der Waals surface area contributed by atoms with Gasteiger partial charge in [-0.25, -0.2) is 4.98 Å². The van der Waals surface area contributed by atoms with Crippen molar-refractivity contribution in [3.8, 4) is 0 Å². The minimum Gasteiger partial charge on any atom is -0.381 e. The molecule has 0 unspecified atom stereocenters. The van der Waals surface area contributed by atoms with Gasteiger partial charge in [0.25, 0.3) is 0 Å². The Hall–Kier alpha value is -1.80. The second-order valence-electron chi connectivity index (χ2n) is 7.06. The molecule has 1 amide bonds. The Morgan fingerprint density at radius 2 is 2.08 bits per heavy atom. The van der Waals surface area contributed by atoms with Crippen molar-refractivity contribution >= 4 is 22.4 Å². The van der Waals surface area contributed by atoms with Gasteiger partial charge < -0.3 is 15.8 Å². The first-order valence-electron chi connectivity index (χ1n) is 9.05. The highest BCUT2D eigenvalue weighted by molar-refractivity contribution is 7.15. The van der Waals surface area contributed by atoms with Gasteiger partial charge in [0.15, 0.2) is 5.13 Å². The van der Waals surface area contributed by atoms with Gasteiger partial charge in [0.05, 0.1) is 5.69 Å². The van der Waals surface area contributed by atoms with Crippen LogP contribution in [0.1, 0.15) is 29.0 Å². The summed E-state index contributed by atoms with van der Waals surface area (Å²) in [5.41, 5.74) is 7.84. The van der Waals surface area contributed by atoms with Gasteiger partial charge in [-0.15, -0.1) is 11.3 Å². The first-order valence-corrected chi connectivity index (χ1v) is 9.87. The van der Waals surface area contributed by atoms with Crippen LogP contribution >= 0.6 is 11.3 Å². The fourth-order valence-corrected chi connectivity index (χ4v) is 4.51. The standard InChI is InChI=1S/C19H24N4O2S/c20-19(7-10-25-11-8-19)17(24)22-18-21-15-6-9-23(13-16(15)26-18)12-14-4-2-1-3-5-14/h1-5H,6-13,20H2,(H,21,22,24). The van der Waals surface area contributed by atoms with E-state index in [1.807, 2.05) is 6.07 Å². The number of benzene rings is 1. The molecule has 2 aromatic rings. The van der Waals surface area contributed by atoms with Gasteiger partial charge in [-0.1, -0.05) is 30.3 Å². The average Bonchev–Trinajstić information content (AvgIpc) is 3.05. The highest BCUT2D eigenvalue weighted by atomic mass is 32.1. The van der Waals surface area contributed by atoms with E-state index >= 15 is 0 Å². The van der Waals surface area contributed by atoms with Crippen LogP contribution in [-0.4, -0.2) is 41.1 Å². The van der Waals surface area contributed by atoms with E-state index in [4.69, 9.17) is 10.5 Å². The first-order chi connectivity index (χ1) is 12.6. The molecule has 4 rings (SSSR count). The van der Waals surface area contributed by atoms with Gasteiger partial charge in [-0.05, 0) is 18.4 Å². The molecule has 0 radical (unpaired) electrons. The van der Waals surface area contributed by atoms with E-state index < -0.39 is 5.54 Å². The van der Waals surface area contributed by atoms with Crippen molar-refractivity contribution in [2.24, 2.45) is 5.73 Å². The monoisotopic (exact) mass is 372 g/mol. The minimum atomic E-state index is -0.843. The number of nitrogens with zero attached hydrogens (tertiary/aromatic N) is 2. The molecule has 3 heterocycles. The van der Waals surface area contributed by atoms with E-state index in [1.54, 1.807) is 11.3 Å². The van der Waals surface area contributed by atoms with E-state index in [0.29, 0.717) is 31.2 Å². The SMILES string of the molecule is NC1(C(=O)Nc2nc3c(s2)CN(Cc2ccccc2)CC3)CCOCC1. The summed E-state index contributed by atoms with van der Waals surface area (Å²) in [6.45, 7) is 3.86. The molecular weight excluding hydrogens is 348 g/mol. The molecule has 0 saturated carbocycles. The maximum Gasteiger partial charge on any atom is 0.246 e. The molecule has 2 aliphatic rings.